The number of aliphatic hydroxyl groups excluding tert-OH is 2. The molecule has 0 saturated heterocycles. The van der Waals surface area contributed by atoms with Gasteiger partial charge in [-0.3, -0.25) is 9.79 Å². The molecular weight excluding hydrogens is 451 g/mol. The van der Waals surface area contributed by atoms with Gasteiger partial charge in [-0.05, 0) is 54.6 Å². The molecule has 0 aliphatic rings. The van der Waals surface area contributed by atoms with Gasteiger partial charge >= 0.3 is 6.18 Å². The van der Waals surface area contributed by atoms with Crippen LogP contribution in [0, 0.1) is 0 Å². The lowest BCUT2D eigenvalue weighted by Gasteiger charge is -2.13. The van der Waals surface area contributed by atoms with Crippen LogP contribution in [0.5, 0.6) is 11.5 Å². The van der Waals surface area contributed by atoms with Gasteiger partial charge in [-0.2, -0.15) is 13.2 Å². The smallest absolute Gasteiger partial charge is 0.417 e. The third-order valence-electron chi connectivity index (χ3n) is 4.67. The van der Waals surface area contributed by atoms with Gasteiger partial charge in [-0.1, -0.05) is 6.07 Å². The quantitative estimate of drug-likeness (QED) is 0.433. The van der Waals surface area contributed by atoms with Gasteiger partial charge in [0.25, 0.3) is 5.91 Å². The predicted molar refractivity (Wildman–Crippen MR) is 120 cm³/mol. The number of alkyl halides is 3. The summed E-state index contributed by atoms with van der Waals surface area (Å²) in [5.74, 6) is 0.121. The molecular formula is C24H22F3N3O4. The van der Waals surface area contributed by atoms with E-state index in [9.17, 15) is 23.1 Å². The van der Waals surface area contributed by atoms with Crippen molar-refractivity contribution in [1.29, 1.82) is 0 Å². The number of benzene rings is 2. The van der Waals surface area contributed by atoms with E-state index in [0.29, 0.717) is 17.0 Å². The molecule has 1 amide bonds. The van der Waals surface area contributed by atoms with Gasteiger partial charge in [0.2, 0.25) is 0 Å². The van der Waals surface area contributed by atoms with Crippen LogP contribution in [0.25, 0.3) is 11.3 Å². The highest BCUT2D eigenvalue weighted by molar-refractivity contribution is 5.92. The lowest BCUT2D eigenvalue weighted by molar-refractivity contribution is -0.137. The molecule has 2 aromatic carbocycles. The Kier molecular flexibility index (Phi) is 7.98. The maximum absolute atomic E-state index is 13.2. The van der Waals surface area contributed by atoms with Gasteiger partial charge in [-0.15, -0.1) is 0 Å². The molecule has 0 spiro atoms. The van der Waals surface area contributed by atoms with Crippen molar-refractivity contribution in [1.82, 2.24) is 10.3 Å². The molecule has 0 unspecified atom stereocenters. The van der Waals surface area contributed by atoms with E-state index in [1.165, 1.54) is 25.2 Å². The zero-order valence-corrected chi connectivity index (χ0v) is 18.1. The predicted octanol–water partition coefficient (Wildman–Crippen LogP) is 3.69. The summed E-state index contributed by atoms with van der Waals surface area (Å²) >= 11 is 0. The molecule has 1 aromatic heterocycles. The maximum Gasteiger partial charge on any atom is 0.417 e. The van der Waals surface area contributed by atoms with Gasteiger partial charge in [-0.25, -0.2) is 4.98 Å². The highest BCUT2D eigenvalue weighted by Crippen LogP contribution is 2.34. The summed E-state index contributed by atoms with van der Waals surface area (Å²) in [5, 5.41) is 20.7. The minimum atomic E-state index is -4.51. The van der Waals surface area contributed by atoms with Gasteiger partial charge in [0.05, 0.1) is 24.0 Å². The standard InChI is InChI=1S/C24H22F3N3O4/c1-28-12-16-11-19(9-10-20(16)24(25,26)27)34-18-7-5-15(6-8-18)21-3-2-4-22(30-21)23(33)29-13-17(32)14-31/h2-12,17,31-32H,13-14H2,1H3,(H,29,33)/b28-12-/t17-/m0/s1. The maximum atomic E-state index is 13.2. The number of carbonyl (C=O) groups is 1. The largest absolute Gasteiger partial charge is 0.457 e. The van der Waals surface area contributed by atoms with E-state index < -0.39 is 30.4 Å². The van der Waals surface area contributed by atoms with Crippen molar-refractivity contribution in [3.63, 3.8) is 0 Å². The Hall–Kier alpha value is -3.76. The van der Waals surface area contributed by atoms with Gasteiger partial charge in [0, 0.05) is 30.9 Å². The SMILES string of the molecule is C/N=C\c1cc(Oc2ccc(-c3cccc(C(=O)NC[C@H](O)CO)n3)cc2)ccc1C(F)(F)F. The van der Waals surface area contributed by atoms with Gasteiger partial charge in [0.15, 0.2) is 0 Å². The Morgan fingerprint density at radius 1 is 1.15 bits per heavy atom. The number of aliphatic hydroxyl groups is 2. The average molecular weight is 473 g/mol. The van der Waals surface area contributed by atoms with E-state index in [1.54, 1.807) is 36.4 Å². The van der Waals surface area contributed by atoms with Crippen molar-refractivity contribution in [2.75, 3.05) is 20.2 Å². The monoisotopic (exact) mass is 473 g/mol. The molecule has 178 valence electrons. The summed E-state index contributed by atoms with van der Waals surface area (Å²) in [6.07, 6.45) is -4.44. The van der Waals surface area contributed by atoms with E-state index >= 15 is 0 Å². The number of carbonyl (C=O) groups excluding carboxylic acids is 1. The summed E-state index contributed by atoms with van der Waals surface area (Å²) in [6, 6.07) is 15.0. The second kappa shape index (κ2) is 10.9. The molecule has 0 saturated carbocycles. The number of hydrogen-bond donors (Lipinski definition) is 3. The first-order valence-corrected chi connectivity index (χ1v) is 10.2. The van der Waals surface area contributed by atoms with Crippen molar-refractivity contribution >= 4 is 12.1 Å². The number of nitrogens with one attached hydrogen (secondary N) is 1. The van der Waals surface area contributed by atoms with E-state index in [-0.39, 0.29) is 23.6 Å². The van der Waals surface area contributed by atoms with Crippen LogP contribution in [0.2, 0.25) is 0 Å². The van der Waals surface area contributed by atoms with Crippen LogP contribution in [0.3, 0.4) is 0 Å². The average Bonchev–Trinajstić information content (AvgIpc) is 2.82. The second-order valence-electron chi connectivity index (χ2n) is 7.22. The Balaban J connectivity index is 1.75. The topological polar surface area (TPSA) is 104 Å². The number of hydrogen-bond acceptors (Lipinski definition) is 6. The Labute approximate surface area is 193 Å². The Bertz CT molecular complexity index is 1160. The summed E-state index contributed by atoms with van der Waals surface area (Å²) in [7, 11) is 1.39. The summed E-state index contributed by atoms with van der Waals surface area (Å²) < 4.78 is 45.2. The molecule has 3 N–H and O–H groups in total. The van der Waals surface area contributed by atoms with Crippen LogP contribution in [0.4, 0.5) is 13.2 Å². The molecule has 0 aliphatic carbocycles. The third-order valence-corrected chi connectivity index (χ3v) is 4.67. The fraction of sp³-hybridized carbons (Fsp3) is 0.208. The lowest BCUT2D eigenvalue weighted by Crippen LogP contribution is -2.34. The van der Waals surface area contributed by atoms with Crippen LogP contribution in [-0.4, -0.2) is 53.6 Å². The minimum Gasteiger partial charge on any atom is -0.457 e. The van der Waals surface area contributed by atoms with Gasteiger partial charge in [0.1, 0.15) is 17.2 Å². The fourth-order valence-corrected chi connectivity index (χ4v) is 3.03. The van der Waals surface area contributed by atoms with Crippen LogP contribution in [0.1, 0.15) is 21.6 Å². The first-order chi connectivity index (χ1) is 16.2. The van der Waals surface area contributed by atoms with Gasteiger partial charge < -0.3 is 20.3 Å². The van der Waals surface area contributed by atoms with E-state index in [2.05, 4.69) is 15.3 Å². The zero-order valence-electron chi connectivity index (χ0n) is 18.1. The van der Waals surface area contributed by atoms with Crippen molar-refractivity contribution in [2.45, 2.75) is 12.3 Å². The minimum absolute atomic E-state index is 0.102. The second-order valence-corrected chi connectivity index (χ2v) is 7.22. The van der Waals surface area contributed by atoms with E-state index in [4.69, 9.17) is 9.84 Å². The highest BCUT2D eigenvalue weighted by Gasteiger charge is 2.33. The first-order valence-electron chi connectivity index (χ1n) is 10.2. The number of aromatic nitrogens is 1. The van der Waals surface area contributed by atoms with Crippen LogP contribution >= 0.6 is 0 Å². The molecule has 10 heteroatoms. The molecule has 3 aromatic rings. The number of pyridine rings is 1. The number of aliphatic imine (C=N–C) groups is 1. The van der Waals surface area contributed by atoms with Crippen molar-refractivity contribution in [3.05, 3.63) is 77.5 Å². The summed E-state index contributed by atoms with van der Waals surface area (Å²) in [6.45, 7) is -0.578. The lowest BCUT2D eigenvalue weighted by atomic mass is 10.1. The highest BCUT2D eigenvalue weighted by atomic mass is 19.4. The Morgan fingerprint density at radius 2 is 1.85 bits per heavy atom. The van der Waals surface area contributed by atoms with Crippen molar-refractivity contribution in [3.8, 4) is 22.8 Å². The van der Waals surface area contributed by atoms with Crippen LogP contribution in [-0.2, 0) is 6.18 Å². The molecule has 0 bridgehead atoms. The van der Waals surface area contributed by atoms with Crippen molar-refractivity contribution in [2.24, 2.45) is 4.99 Å². The summed E-state index contributed by atoms with van der Waals surface area (Å²) in [4.78, 5) is 20.2. The van der Waals surface area contributed by atoms with E-state index in [1.807, 2.05) is 0 Å². The number of ether oxygens (including phenoxy) is 1. The molecule has 7 nitrogen and oxygen atoms in total. The van der Waals surface area contributed by atoms with Crippen LogP contribution < -0.4 is 10.1 Å². The molecule has 1 heterocycles. The molecule has 3 rings (SSSR count). The number of halogens is 3. The van der Waals surface area contributed by atoms with E-state index in [0.717, 1.165) is 12.3 Å². The number of amides is 1. The Morgan fingerprint density at radius 3 is 2.50 bits per heavy atom. The molecule has 0 fully saturated rings. The van der Waals surface area contributed by atoms with Crippen LogP contribution in [0.15, 0.2) is 65.7 Å². The molecule has 0 radical (unpaired) electrons. The molecule has 1 atom stereocenters. The number of nitrogens with zero attached hydrogens (tertiary/aromatic N) is 2. The fourth-order valence-electron chi connectivity index (χ4n) is 3.03. The molecule has 0 aliphatic heterocycles. The molecule has 34 heavy (non-hydrogen) atoms. The zero-order chi connectivity index (χ0) is 24.7. The normalized spacial score (nSPS) is 12.5. The first kappa shape index (κ1) is 24.9. The summed E-state index contributed by atoms with van der Waals surface area (Å²) in [5.41, 5.74) is 0.427. The number of rotatable bonds is 8. The van der Waals surface area contributed by atoms with Crippen molar-refractivity contribution < 1.29 is 32.9 Å². The third kappa shape index (κ3) is 6.40.